The van der Waals surface area contributed by atoms with Crippen LogP contribution in [0.2, 0.25) is 0 Å². The van der Waals surface area contributed by atoms with Crippen LogP contribution in [0.5, 0.6) is 0 Å². The molecule has 0 spiro atoms. The number of benzene rings is 1. The summed E-state index contributed by atoms with van der Waals surface area (Å²) in [5, 5.41) is 0. The van der Waals surface area contributed by atoms with E-state index in [0.717, 1.165) is 12.2 Å². The van der Waals surface area contributed by atoms with E-state index in [2.05, 4.69) is 64.6 Å². The van der Waals surface area contributed by atoms with Gasteiger partial charge in [-0.25, -0.2) is 0 Å². The van der Waals surface area contributed by atoms with E-state index in [4.69, 9.17) is 0 Å². The Labute approximate surface area is 101 Å². The van der Waals surface area contributed by atoms with Crippen LogP contribution >= 0.6 is 12.6 Å². The van der Waals surface area contributed by atoms with Crippen LogP contribution in [-0.2, 0) is 6.42 Å². The second-order valence-electron chi connectivity index (χ2n) is 5.04. The molecule has 0 heterocycles. The van der Waals surface area contributed by atoms with Crippen molar-refractivity contribution in [2.75, 3.05) is 5.75 Å². The number of rotatable bonds is 1. The molecule has 1 rings (SSSR count). The fourth-order valence-corrected chi connectivity index (χ4v) is 1.32. The molecule has 0 fully saturated rings. The monoisotopic (exact) mass is 224 g/mol. The van der Waals surface area contributed by atoms with Crippen molar-refractivity contribution >= 4 is 12.6 Å². The van der Waals surface area contributed by atoms with Gasteiger partial charge in [0.05, 0.1) is 0 Å². The topological polar surface area (TPSA) is 0 Å². The van der Waals surface area contributed by atoms with E-state index in [9.17, 15) is 0 Å². The summed E-state index contributed by atoms with van der Waals surface area (Å²) < 4.78 is 0. The van der Waals surface area contributed by atoms with Gasteiger partial charge in [-0.15, -0.1) is 0 Å². The third-order valence-electron chi connectivity index (χ3n) is 1.86. The minimum atomic E-state index is 0.398. The third-order valence-corrected chi connectivity index (χ3v) is 1.86. The zero-order valence-electron chi connectivity index (χ0n) is 10.7. The van der Waals surface area contributed by atoms with Crippen LogP contribution < -0.4 is 0 Å². The van der Waals surface area contributed by atoms with Gasteiger partial charge in [0.25, 0.3) is 0 Å². The highest BCUT2D eigenvalue weighted by molar-refractivity contribution is 7.80. The minimum Gasteiger partial charge on any atom is -0.180 e. The summed E-state index contributed by atoms with van der Waals surface area (Å²) in [5.41, 5.74) is 3.18. The fourth-order valence-electron chi connectivity index (χ4n) is 1.32. The average Bonchev–Trinajstić information content (AvgIpc) is 2.08. The number of aryl methyl sites for hydroxylation is 1. The van der Waals surface area contributed by atoms with Gasteiger partial charge in [0, 0.05) is 0 Å². The maximum atomic E-state index is 3.79. The summed E-state index contributed by atoms with van der Waals surface area (Å²) >= 11 is 3.79. The Morgan fingerprint density at radius 2 is 1.47 bits per heavy atom. The van der Waals surface area contributed by atoms with E-state index in [0.29, 0.717) is 5.41 Å². The summed E-state index contributed by atoms with van der Waals surface area (Å²) in [5.74, 6) is 0.944. The summed E-state index contributed by atoms with van der Waals surface area (Å²) in [6, 6.07) is 8.81. The van der Waals surface area contributed by atoms with Crippen LogP contribution in [0.1, 0.15) is 38.8 Å². The van der Waals surface area contributed by atoms with Crippen molar-refractivity contribution < 1.29 is 0 Å². The van der Waals surface area contributed by atoms with E-state index < -0.39 is 0 Å². The first-order valence-electron chi connectivity index (χ1n) is 5.55. The molecule has 86 valence electrons. The lowest BCUT2D eigenvalue weighted by molar-refractivity contribution is 0.411. The van der Waals surface area contributed by atoms with Crippen molar-refractivity contribution in [1.29, 1.82) is 0 Å². The van der Waals surface area contributed by atoms with Crippen molar-refractivity contribution in [1.82, 2.24) is 0 Å². The lowest BCUT2D eigenvalue weighted by atomic mass is 9.88. The maximum absolute atomic E-state index is 3.79. The van der Waals surface area contributed by atoms with Gasteiger partial charge in [0.1, 0.15) is 0 Å². The minimum absolute atomic E-state index is 0.398. The van der Waals surface area contributed by atoms with E-state index in [1.165, 1.54) is 11.1 Å². The first-order valence-corrected chi connectivity index (χ1v) is 6.18. The van der Waals surface area contributed by atoms with Crippen LogP contribution in [0.15, 0.2) is 24.3 Å². The predicted octanol–water partition coefficient (Wildman–Crippen LogP) is 4.52. The smallest absolute Gasteiger partial charge is 0.0126 e. The molecule has 0 bridgehead atoms. The predicted molar refractivity (Wildman–Crippen MR) is 73.9 cm³/mol. The fraction of sp³-hybridized carbons (Fsp3) is 0.571. The Morgan fingerprint density at radius 1 is 1.07 bits per heavy atom. The molecule has 0 unspecified atom stereocenters. The maximum Gasteiger partial charge on any atom is -0.0126 e. The van der Waals surface area contributed by atoms with Crippen LogP contribution in [0.4, 0.5) is 0 Å². The highest BCUT2D eigenvalue weighted by Gasteiger charge is 2.10. The van der Waals surface area contributed by atoms with Crippen LogP contribution in [0, 0.1) is 12.3 Å². The Bertz CT molecular complexity index is 254. The molecular weight excluding hydrogens is 200 g/mol. The third kappa shape index (κ3) is 8.56. The summed E-state index contributed by atoms with van der Waals surface area (Å²) in [6.45, 7) is 10.9. The average molecular weight is 224 g/mol. The quantitative estimate of drug-likeness (QED) is 0.666. The van der Waals surface area contributed by atoms with E-state index >= 15 is 0 Å². The van der Waals surface area contributed by atoms with Gasteiger partial charge in [-0.3, -0.25) is 0 Å². The summed E-state index contributed by atoms with van der Waals surface area (Å²) in [6.07, 6.45) is 1.16. The molecule has 0 aliphatic carbocycles. The normalized spacial score (nSPS) is 10.5. The Balaban J connectivity index is 0.000000583. The lowest BCUT2D eigenvalue weighted by Gasteiger charge is -2.17. The molecule has 0 saturated heterocycles. The zero-order valence-corrected chi connectivity index (χ0v) is 11.6. The molecule has 0 aromatic heterocycles. The first kappa shape index (κ1) is 14.6. The molecule has 1 aromatic carbocycles. The van der Waals surface area contributed by atoms with Gasteiger partial charge in [-0.1, -0.05) is 57.5 Å². The zero-order chi connectivity index (χ0) is 11.9. The van der Waals surface area contributed by atoms with E-state index in [1.54, 1.807) is 0 Å². The van der Waals surface area contributed by atoms with Crippen molar-refractivity contribution in [3.05, 3.63) is 35.4 Å². The van der Waals surface area contributed by atoms with Gasteiger partial charge >= 0.3 is 0 Å². The van der Waals surface area contributed by atoms with Crippen molar-refractivity contribution in [3.8, 4) is 0 Å². The van der Waals surface area contributed by atoms with Crippen molar-refractivity contribution in [2.24, 2.45) is 5.41 Å². The second-order valence-corrected chi connectivity index (χ2v) is 5.67. The van der Waals surface area contributed by atoms with Crippen molar-refractivity contribution in [2.45, 2.75) is 41.0 Å². The summed E-state index contributed by atoms with van der Waals surface area (Å²) in [4.78, 5) is 0. The Kier molecular flexibility index (Phi) is 6.75. The standard InChI is InChI=1S/C12H18.C2H6S/c1-10-5-7-11(8-6-10)9-12(2,3)4;1-2-3/h5-8H,9H2,1-4H3;3H,2H2,1H3. The Morgan fingerprint density at radius 3 is 1.80 bits per heavy atom. The highest BCUT2D eigenvalue weighted by atomic mass is 32.1. The molecule has 1 heteroatoms. The molecule has 0 saturated carbocycles. The first-order chi connectivity index (χ1) is 6.89. The highest BCUT2D eigenvalue weighted by Crippen LogP contribution is 2.20. The molecular formula is C14H24S. The second kappa shape index (κ2) is 6.95. The molecule has 15 heavy (non-hydrogen) atoms. The van der Waals surface area contributed by atoms with Gasteiger partial charge in [-0.2, -0.15) is 12.6 Å². The van der Waals surface area contributed by atoms with Crippen molar-refractivity contribution in [3.63, 3.8) is 0 Å². The Hall–Kier alpha value is -0.430. The van der Waals surface area contributed by atoms with Crippen LogP contribution in [0.3, 0.4) is 0 Å². The number of hydrogen-bond donors (Lipinski definition) is 1. The van der Waals surface area contributed by atoms with Crippen LogP contribution in [0.25, 0.3) is 0 Å². The van der Waals surface area contributed by atoms with Gasteiger partial charge in [-0.05, 0) is 30.1 Å². The van der Waals surface area contributed by atoms with Gasteiger partial charge < -0.3 is 0 Å². The van der Waals surface area contributed by atoms with Gasteiger partial charge in [0.15, 0.2) is 0 Å². The SMILES string of the molecule is CCS.Cc1ccc(CC(C)(C)C)cc1. The van der Waals surface area contributed by atoms with Gasteiger partial charge in [0.2, 0.25) is 0 Å². The molecule has 0 N–H and O–H groups in total. The van der Waals surface area contributed by atoms with Crippen LogP contribution in [-0.4, -0.2) is 5.75 Å². The summed E-state index contributed by atoms with van der Waals surface area (Å²) in [7, 11) is 0. The molecule has 0 aliphatic rings. The number of hydrogen-bond acceptors (Lipinski definition) is 1. The molecule has 0 nitrogen and oxygen atoms in total. The molecule has 0 aliphatic heterocycles. The lowest BCUT2D eigenvalue weighted by Crippen LogP contribution is -2.08. The largest absolute Gasteiger partial charge is 0.180 e. The molecule has 0 atom stereocenters. The molecule has 0 radical (unpaired) electrons. The molecule has 1 aromatic rings. The van der Waals surface area contributed by atoms with E-state index in [-0.39, 0.29) is 0 Å². The molecule has 0 amide bonds. The number of thiol groups is 1. The van der Waals surface area contributed by atoms with E-state index in [1.807, 2.05) is 6.92 Å².